The predicted octanol–water partition coefficient (Wildman–Crippen LogP) is 3.72. The van der Waals surface area contributed by atoms with Crippen molar-refractivity contribution in [1.82, 2.24) is 24.5 Å². The van der Waals surface area contributed by atoms with Gasteiger partial charge in [0.1, 0.15) is 17.3 Å². The third-order valence-corrected chi connectivity index (χ3v) is 6.34. The van der Waals surface area contributed by atoms with Gasteiger partial charge in [0.15, 0.2) is 5.65 Å². The number of nitrogens with one attached hydrogen (secondary N) is 1. The van der Waals surface area contributed by atoms with Crippen LogP contribution in [0.5, 0.6) is 5.75 Å². The van der Waals surface area contributed by atoms with E-state index in [-0.39, 0.29) is 18.5 Å². The maximum absolute atomic E-state index is 12.8. The number of nitrogens with zero attached hydrogens (tertiary/aromatic N) is 4. The smallest absolute Gasteiger partial charge is 0.350 e. The largest absolute Gasteiger partial charge is 0.497 e. The van der Waals surface area contributed by atoms with Gasteiger partial charge in [-0.2, -0.15) is 0 Å². The molecule has 1 N–H and O–H groups in total. The van der Waals surface area contributed by atoms with Gasteiger partial charge in [-0.1, -0.05) is 47.6 Å². The Balaban J connectivity index is 1.46. The quantitative estimate of drug-likeness (QED) is 0.384. The molecule has 1 atom stereocenters. The van der Waals surface area contributed by atoms with Crippen LogP contribution in [-0.4, -0.2) is 32.2 Å². The molecule has 2 aromatic carbocycles. The molecule has 33 heavy (non-hydrogen) atoms. The summed E-state index contributed by atoms with van der Waals surface area (Å²) in [5.41, 5.74) is 2.02. The molecule has 1 amide bonds. The third kappa shape index (κ3) is 5.37. The van der Waals surface area contributed by atoms with E-state index in [1.165, 1.54) is 16.2 Å². The van der Waals surface area contributed by atoms with E-state index in [2.05, 4.69) is 15.4 Å². The zero-order valence-electron chi connectivity index (χ0n) is 18.1. The molecular weight excluding hydrogens is 462 g/mol. The van der Waals surface area contributed by atoms with Gasteiger partial charge in [0, 0.05) is 23.2 Å². The van der Waals surface area contributed by atoms with Gasteiger partial charge in [-0.05, 0) is 42.3 Å². The zero-order chi connectivity index (χ0) is 23.4. The lowest BCUT2D eigenvalue weighted by molar-refractivity contribution is -0.122. The van der Waals surface area contributed by atoms with Gasteiger partial charge >= 0.3 is 5.69 Å². The number of rotatable bonds is 8. The highest BCUT2D eigenvalue weighted by Crippen LogP contribution is 2.24. The highest BCUT2D eigenvalue weighted by atomic mass is 35.5. The number of carbonyl (C=O) groups excluding carboxylic acids is 1. The van der Waals surface area contributed by atoms with Gasteiger partial charge in [0.05, 0.1) is 13.2 Å². The molecule has 0 unspecified atom stereocenters. The second-order valence-electron chi connectivity index (χ2n) is 7.34. The molecule has 170 valence electrons. The van der Waals surface area contributed by atoms with Crippen LogP contribution in [0.15, 0.2) is 70.7 Å². The number of amides is 1. The van der Waals surface area contributed by atoms with E-state index in [0.29, 0.717) is 21.4 Å². The first kappa shape index (κ1) is 22.9. The third-order valence-electron chi connectivity index (χ3n) is 5.04. The number of aromatic nitrogens is 4. The van der Waals surface area contributed by atoms with Crippen LogP contribution in [-0.2, 0) is 17.1 Å². The van der Waals surface area contributed by atoms with Crippen LogP contribution in [0.25, 0.3) is 5.65 Å². The Hall–Kier alpha value is -3.30. The fourth-order valence-corrected chi connectivity index (χ4v) is 4.29. The minimum atomic E-state index is -0.395. The van der Waals surface area contributed by atoms with Gasteiger partial charge < -0.3 is 10.1 Å². The van der Waals surface area contributed by atoms with Crippen LogP contribution in [0, 0.1) is 0 Å². The summed E-state index contributed by atoms with van der Waals surface area (Å²) in [7, 11) is 1.60. The number of benzene rings is 2. The molecule has 0 fully saturated rings. The molecule has 0 spiro atoms. The maximum atomic E-state index is 12.8. The monoisotopic (exact) mass is 483 g/mol. The molecule has 0 radical (unpaired) electrons. The maximum Gasteiger partial charge on any atom is 0.350 e. The fourth-order valence-electron chi connectivity index (χ4n) is 3.26. The lowest BCUT2D eigenvalue weighted by atomic mass is 10.1. The topological polar surface area (TPSA) is 90.5 Å². The van der Waals surface area contributed by atoms with Crippen LogP contribution >= 0.6 is 23.4 Å². The van der Waals surface area contributed by atoms with E-state index in [9.17, 15) is 9.59 Å². The lowest BCUT2D eigenvalue weighted by Crippen LogP contribution is -2.34. The van der Waals surface area contributed by atoms with Crippen molar-refractivity contribution in [2.75, 3.05) is 7.11 Å². The molecule has 8 nitrogen and oxygen atoms in total. The Morgan fingerprint density at radius 3 is 2.61 bits per heavy atom. The second-order valence-corrected chi connectivity index (χ2v) is 8.74. The van der Waals surface area contributed by atoms with Gasteiger partial charge in [-0.3, -0.25) is 4.79 Å². The summed E-state index contributed by atoms with van der Waals surface area (Å²) in [5, 5.41) is 8.55. The molecule has 4 aromatic rings. The van der Waals surface area contributed by atoms with Crippen LogP contribution < -0.4 is 15.7 Å². The van der Waals surface area contributed by atoms with Crippen molar-refractivity contribution in [3.63, 3.8) is 0 Å². The van der Waals surface area contributed by atoms with Crippen LogP contribution in [0.4, 0.5) is 0 Å². The summed E-state index contributed by atoms with van der Waals surface area (Å²) in [6.45, 7) is 1.68. The Morgan fingerprint density at radius 2 is 1.91 bits per heavy atom. The Bertz CT molecular complexity index is 1320. The Morgan fingerprint density at radius 1 is 1.18 bits per heavy atom. The molecule has 4 rings (SSSR count). The summed E-state index contributed by atoms with van der Waals surface area (Å²) in [6.07, 6.45) is 3.10. The van der Waals surface area contributed by atoms with Crippen molar-refractivity contribution in [1.29, 1.82) is 0 Å². The molecule has 0 bridgehead atoms. The van der Waals surface area contributed by atoms with E-state index < -0.39 is 5.69 Å². The van der Waals surface area contributed by atoms with Crippen LogP contribution in [0.3, 0.4) is 0 Å². The van der Waals surface area contributed by atoms with E-state index in [0.717, 1.165) is 21.6 Å². The van der Waals surface area contributed by atoms with E-state index in [1.807, 2.05) is 55.5 Å². The number of thioether (sulfide) groups is 1. The molecule has 0 saturated carbocycles. The first-order valence-electron chi connectivity index (χ1n) is 10.2. The van der Waals surface area contributed by atoms with Gasteiger partial charge in [-0.25, -0.2) is 18.9 Å². The van der Waals surface area contributed by atoms with Crippen molar-refractivity contribution < 1.29 is 9.53 Å². The van der Waals surface area contributed by atoms with Gasteiger partial charge in [0.25, 0.3) is 0 Å². The number of methoxy groups -OCH3 is 1. The summed E-state index contributed by atoms with van der Waals surface area (Å²) in [4.78, 5) is 29.7. The number of hydrogen-bond donors (Lipinski definition) is 1. The summed E-state index contributed by atoms with van der Waals surface area (Å²) >= 11 is 7.40. The highest BCUT2D eigenvalue weighted by Gasteiger charge is 2.16. The van der Waals surface area contributed by atoms with Crippen LogP contribution in [0.1, 0.15) is 24.1 Å². The molecule has 2 aromatic heterocycles. The van der Waals surface area contributed by atoms with E-state index >= 15 is 0 Å². The molecule has 0 aliphatic heterocycles. The normalized spacial score (nSPS) is 12.0. The van der Waals surface area contributed by atoms with Crippen LogP contribution in [0.2, 0.25) is 5.02 Å². The first-order valence-corrected chi connectivity index (χ1v) is 11.6. The first-order chi connectivity index (χ1) is 15.9. The van der Waals surface area contributed by atoms with Crippen molar-refractivity contribution in [2.24, 2.45) is 0 Å². The number of fused-ring (bicyclic) bond motifs is 1. The average Bonchev–Trinajstić information content (AvgIpc) is 3.14. The second kappa shape index (κ2) is 10.1. The van der Waals surface area contributed by atoms with Crippen molar-refractivity contribution in [3.8, 4) is 5.75 Å². The van der Waals surface area contributed by atoms with Gasteiger partial charge in [-0.15, -0.1) is 5.10 Å². The molecule has 0 aliphatic carbocycles. The van der Waals surface area contributed by atoms with E-state index in [1.54, 1.807) is 19.5 Å². The zero-order valence-corrected chi connectivity index (χ0v) is 19.6. The molecule has 0 aliphatic rings. The van der Waals surface area contributed by atoms with Gasteiger partial charge in [0.2, 0.25) is 5.91 Å². The highest BCUT2D eigenvalue weighted by molar-refractivity contribution is 7.98. The van der Waals surface area contributed by atoms with E-state index in [4.69, 9.17) is 16.3 Å². The molecular formula is C23H22ClN5O3S. The molecule has 0 saturated heterocycles. The fraction of sp³-hybridized carbons (Fsp3) is 0.217. The predicted molar refractivity (Wildman–Crippen MR) is 128 cm³/mol. The SMILES string of the molecule is COc1ccc([C@H](C)NC(=O)Cn2nc3c(SCc4ccc(Cl)cc4)nccn3c2=O)cc1. The van der Waals surface area contributed by atoms with Crippen molar-refractivity contribution in [2.45, 2.75) is 30.3 Å². The Kier molecular flexibility index (Phi) is 7.00. The molecule has 2 heterocycles. The lowest BCUT2D eigenvalue weighted by Gasteiger charge is -2.14. The minimum absolute atomic E-state index is 0.192. The number of carbonyl (C=O) groups is 1. The molecule has 10 heteroatoms. The average molecular weight is 484 g/mol. The summed E-state index contributed by atoms with van der Waals surface area (Å²) < 4.78 is 7.71. The Labute approximate surface area is 199 Å². The number of halogens is 1. The summed E-state index contributed by atoms with van der Waals surface area (Å²) in [5.74, 6) is 1.07. The number of hydrogen-bond acceptors (Lipinski definition) is 6. The minimum Gasteiger partial charge on any atom is -0.497 e. The number of ether oxygens (including phenoxy) is 1. The standard InChI is InChI=1S/C23H22ClN5O3S/c1-15(17-5-9-19(32-2)10-6-17)26-20(30)13-29-23(31)28-12-11-25-22(21(28)27-29)33-14-16-3-7-18(24)8-4-16/h3-12,15H,13-14H2,1-2H3,(H,26,30)/t15-/m0/s1. The van der Waals surface area contributed by atoms with Crippen molar-refractivity contribution >= 4 is 34.9 Å². The van der Waals surface area contributed by atoms with Crippen molar-refractivity contribution in [3.05, 3.63) is 87.6 Å². The summed E-state index contributed by atoms with van der Waals surface area (Å²) in [6, 6.07) is 14.7.